The van der Waals surface area contributed by atoms with Crippen LogP contribution in [0.15, 0.2) is 42.5 Å². The van der Waals surface area contributed by atoms with Gasteiger partial charge in [-0.05, 0) is 44.0 Å². The van der Waals surface area contributed by atoms with E-state index in [1.54, 1.807) is 12.1 Å². The van der Waals surface area contributed by atoms with E-state index in [0.717, 1.165) is 30.7 Å². The van der Waals surface area contributed by atoms with Crippen molar-refractivity contribution in [3.05, 3.63) is 63.7 Å². The first-order valence-corrected chi connectivity index (χ1v) is 10.8. The molecule has 0 aromatic heterocycles. The number of rotatable bonds is 6. The minimum atomic E-state index is -0.361. The molecular formula is C23H28N4O4. The number of hydrogen-bond donors (Lipinski definition) is 1. The van der Waals surface area contributed by atoms with Gasteiger partial charge in [-0.2, -0.15) is 0 Å². The van der Waals surface area contributed by atoms with Gasteiger partial charge in [0.1, 0.15) is 5.69 Å². The molecule has 1 amide bonds. The molecule has 2 fully saturated rings. The highest BCUT2D eigenvalue weighted by molar-refractivity contribution is 5.94. The Morgan fingerprint density at radius 1 is 1.16 bits per heavy atom. The third-order valence-electron chi connectivity index (χ3n) is 5.95. The second kappa shape index (κ2) is 9.34. The van der Waals surface area contributed by atoms with Crippen molar-refractivity contribution in [1.29, 1.82) is 0 Å². The van der Waals surface area contributed by atoms with Crippen LogP contribution in [0.2, 0.25) is 0 Å². The van der Waals surface area contributed by atoms with E-state index >= 15 is 0 Å². The van der Waals surface area contributed by atoms with Crippen LogP contribution in [0, 0.1) is 17.0 Å². The maximum Gasteiger partial charge on any atom is 0.292 e. The predicted octanol–water partition coefficient (Wildman–Crippen LogP) is 3.46. The number of benzene rings is 2. The van der Waals surface area contributed by atoms with E-state index in [4.69, 9.17) is 4.74 Å². The largest absolute Gasteiger partial charge is 0.377 e. The zero-order valence-electron chi connectivity index (χ0n) is 17.8. The van der Waals surface area contributed by atoms with Crippen LogP contribution in [-0.4, -0.2) is 61.2 Å². The summed E-state index contributed by atoms with van der Waals surface area (Å²) < 4.78 is 5.62. The lowest BCUT2D eigenvalue weighted by Crippen LogP contribution is -2.48. The van der Waals surface area contributed by atoms with Crippen molar-refractivity contribution < 1.29 is 14.5 Å². The first-order chi connectivity index (χ1) is 15.0. The fourth-order valence-electron chi connectivity index (χ4n) is 4.10. The highest BCUT2D eigenvalue weighted by Gasteiger charge is 2.24. The molecule has 2 aromatic rings. The number of anilines is 2. The summed E-state index contributed by atoms with van der Waals surface area (Å²) in [5.41, 5.74) is 3.33. The van der Waals surface area contributed by atoms with E-state index in [-0.39, 0.29) is 22.6 Å². The molecule has 0 radical (unpaired) electrons. The molecule has 2 heterocycles. The highest BCUT2D eigenvalue weighted by Crippen LogP contribution is 2.30. The normalized spacial score (nSPS) is 18.8. The number of carbonyl (C=O) groups is 1. The summed E-state index contributed by atoms with van der Waals surface area (Å²) in [6, 6.07) is 12.8. The standard InChI is InChI=1S/C23H28N4O4/c1-17-4-6-18(7-5-17)23(28)26-12-10-25(11-13-26)19-8-9-22(27(29)30)21(15-19)24-16-20-3-2-14-31-20/h4-9,15,20,24H,2-3,10-14,16H2,1H3. The second-order valence-corrected chi connectivity index (χ2v) is 8.12. The lowest BCUT2D eigenvalue weighted by molar-refractivity contribution is -0.383. The Morgan fingerprint density at radius 2 is 1.90 bits per heavy atom. The van der Waals surface area contributed by atoms with Crippen LogP contribution in [0.5, 0.6) is 0 Å². The fraction of sp³-hybridized carbons (Fsp3) is 0.435. The Balaban J connectivity index is 1.41. The smallest absolute Gasteiger partial charge is 0.292 e. The van der Waals surface area contributed by atoms with Crippen molar-refractivity contribution in [2.45, 2.75) is 25.9 Å². The molecule has 0 saturated carbocycles. The van der Waals surface area contributed by atoms with E-state index < -0.39 is 0 Å². The third-order valence-corrected chi connectivity index (χ3v) is 5.95. The molecule has 8 nitrogen and oxygen atoms in total. The topological polar surface area (TPSA) is 88.0 Å². The number of carbonyl (C=O) groups excluding carboxylic acids is 1. The Labute approximate surface area is 181 Å². The number of nitrogens with one attached hydrogen (secondary N) is 1. The Bertz CT molecular complexity index is 933. The predicted molar refractivity (Wildman–Crippen MR) is 120 cm³/mol. The molecule has 8 heteroatoms. The number of ether oxygens (including phenoxy) is 1. The summed E-state index contributed by atoms with van der Waals surface area (Å²) >= 11 is 0. The Kier molecular flexibility index (Phi) is 6.36. The Hall–Kier alpha value is -3.13. The maximum atomic E-state index is 12.7. The molecule has 1 atom stereocenters. The van der Waals surface area contributed by atoms with Gasteiger partial charge >= 0.3 is 0 Å². The SMILES string of the molecule is Cc1ccc(C(=O)N2CCN(c3ccc([N+](=O)[O-])c(NCC4CCCO4)c3)CC2)cc1. The fourth-order valence-corrected chi connectivity index (χ4v) is 4.10. The average molecular weight is 425 g/mol. The molecule has 2 aliphatic heterocycles. The summed E-state index contributed by atoms with van der Waals surface area (Å²) in [4.78, 5) is 27.9. The van der Waals surface area contributed by atoms with E-state index in [1.807, 2.05) is 42.2 Å². The average Bonchev–Trinajstić information content (AvgIpc) is 3.31. The third kappa shape index (κ3) is 4.96. The minimum absolute atomic E-state index is 0.0438. The van der Waals surface area contributed by atoms with Gasteiger partial charge in [-0.3, -0.25) is 14.9 Å². The summed E-state index contributed by atoms with van der Waals surface area (Å²) in [5.74, 6) is 0.0438. The number of nitro groups is 1. The van der Waals surface area contributed by atoms with Crippen molar-refractivity contribution in [2.24, 2.45) is 0 Å². The van der Waals surface area contributed by atoms with Crippen molar-refractivity contribution in [3.63, 3.8) is 0 Å². The van der Waals surface area contributed by atoms with Gasteiger partial charge in [0, 0.05) is 56.6 Å². The van der Waals surface area contributed by atoms with Gasteiger partial charge < -0.3 is 19.9 Å². The van der Waals surface area contributed by atoms with Crippen LogP contribution in [0.4, 0.5) is 17.1 Å². The van der Waals surface area contributed by atoms with Gasteiger partial charge in [-0.15, -0.1) is 0 Å². The molecule has 2 aromatic carbocycles. The van der Waals surface area contributed by atoms with Gasteiger partial charge in [0.15, 0.2) is 0 Å². The lowest BCUT2D eigenvalue weighted by atomic mass is 10.1. The lowest BCUT2D eigenvalue weighted by Gasteiger charge is -2.36. The van der Waals surface area contributed by atoms with Crippen molar-refractivity contribution in [1.82, 2.24) is 4.90 Å². The van der Waals surface area contributed by atoms with Gasteiger partial charge in [0.05, 0.1) is 11.0 Å². The molecule has 0 bridgehead atoms. The molecule has 31 heavy (non-hydrogen) atoms. The molecule has 4 rings (SSSR count). The zero-order chi connectivity index (χ0) is 21.8. The van der Waals surface area contributed by atoms with Gasteiger partial charge in [0.25, 0.3) is 11.6 Å². The number of nitro benzene ring substituents is 1. The first-order valence-electron chi connectivity index (χ1n) is 10.8. The molecule has 0 aliphatic carbocycles. The molecular weight excluding hydrogens is 396 g/mol. The quantitative estimate of drug-likeness (QED) is 0.564. The van der Waals surface area contributed by atoms with E-state index in [2.05, 4.69) is 10.2 Å². The number of hydrogen-bond acceptors (Lipinski definition) is 6. The number of amides is 1. The number of nitrogens with zero attached hydrogens (tertiary/aromatic N) is 3. The molecule has 1 N–H and O–H groups in total. The molecule has 2 saturated heterocycles. The summed E-state index contributed by atoms with van der Waals surface area (Å²) in [7, 11) is 0. The monoisotopic (exact) mass is 424 g/mol. The van der Waals surface area contributed by atoms with Crippen molar-refractivity contribution in [3.8, 4) is 0 Å². The zero-order valence-corrected chi connectivity index (χ0v) is 17.8. The number of piperazine rings is 1. The van der Waals surface area contributed by atoms with E-state index in [9.17, 15) is 14.9 Å². The van der Waals surface area contributed by atoms with Gasteiger partial charge in [-0.1, -0.05) is 17.7 Å². The van der Waals surface area contributed by atoms with Crippen LogP contribution < -0.4 is 10.2 Å². The summed E-state index contributed by atoms with van der Waals surface area (Å²) in [5, 5.41) is 14.7. The van der Waals surface area contributed by atoms with Crippen LogP contribution >= 0.6 is 0 Å². The molecule has 1 unspecified atom stereocenters. The van der Waals surface area contributed by atoms with Gasteiger partial charge in [0.2, 0.25) is 0 Å². The van der Waals surface area contributed by atoms with Crippen LogP contribution in [0.1, 0.15) is 28.8 Å². The van der Waals surface area contributed by atoms with Crippen LogP contribution in [0.25, 0.3) is 0 Å². The first kappa shape index (κ1) is 21.1. The van der Waals surface area contributed by atoms with E-state index in [0.29, 0.717) is 44.0 Å². The van der Waals surface area contributed by atoms with Crippen molar-refractivity contribution >= 4 is 23.0 Å². The van der Waals surface area contributed by atoms with E-state index in [1.165, 1.54) is 0 Å². The van der Waals surface area contributed by atoms with Crippen LogP contribution in [-0.2, 0) is 4.74 Å². The summed E-state index contributed by atoms with van der Waals surface area (Å²) in [6.45, 7) is 5.90. The molecule has 0 spiro atoms. The highest BCUT2D eigenvalue weighted by atomic mass is 16.6. The maximum absolute atomic E-state index is 12.7. The number of aryl methyl sites for hydroxylation is 1. The molecule has 164 valence electrons. The second-order valence-electron chi connectivity index (χ2n) is 8.12. The minimum Gasteiger partial charge on any atom is -0.377 e. The van der Waals surface area contributed by atoms with Gasteiger partial charge in [-0.25, -0.2) is 0 Å². The Morgan fingerprint density at radius 3 is 2.55 bits per heavy atom. The van der Waals surface area contributed by atoms with Crippen molar-refractivity contribution in [2.75, 3.05) is 49.5 Å². The van der Waals surface area contributed by atoms with Crippen LogP contribution in [0.3, 0.4) is 0 Å². The summed E-state index contributed by atoms with van der Waals surface area (Å²) in [6.07, 6.45) is 2.09. The molecule has 2 aliphatic rings.